The van der Waals surface area contributed by atoms with Crippen molar-refractivity contribution in [3.05, 3.63) is 64.2 Å². The van der Waals surface area contributed by atoms with Crippen LogP contribution in [0.25, 0.3) is 11.4 Å². The van der Waals surface area contributed by atoms with Crippen molar-refractivity contribution in [2.75, 3.05) is 13.1 Å². The lowest BCUT2D eigenvalue weighted by Crippen LogP contribution is -2.38. The van der Waals surface area contributed by atoms with E-state index in [1.807, 2.05) is 32.0 Å². The van der Waals surface area contributed by atoms with Crippen molar-refractivity contribution in [3.8, 4) is 11.4 Å². The van der Waals surface area contributed by atoms with Gasteiger partial charge in [0.05, 0.1) is 11.4 Å². The minimum atomic E-state index is -0.196. The first-order chi connectivity index (χ1) is 14.0. The van der Waals surface area contributed by atoms with Gasteiger partial charge in [-0.3, -0.25) is 14.6 Å². The molecule has 0 spiro atoms. The largest absolute Gasteiger partial charge is 0.360 e. The van der Waals surface area contributed by atoms with E-state index in [9.17, 15) is 9.59 Å². The first-order valence-electron chi connectivity index (χ1n) is 9.80. The Balaban J connectivity index is 1.46. The van der Waals surface area contributed by atoms with E-state index in [2.05, 4.69) is 20.1 Å². The minimum absolute atomic E-state index is 0.0824. The predicted molar refractivity (Wildman–Crippen MR) is 107 cm³/mol. The third-order valence-corrected chi connectivity index (χ3v) is 5.17. The van der Waals surface area contributed by atoms with Gasteiger partial charge in [0.25, 0.3) is 11.5 Å². The maximum atomic E-state index is 12.7. The molecule has 0 bridgehead atoms. The summed E-state index contributed by atoms with van der Waals surface area (Å²) in [7, 11) is 0. The van der Waals surface area contributed by atoms with Crippen LogP contribution < -0.4 is 5.56 Å². The zero-order valence-corrected chi connectivity index (χ0v) is 16.5. The van der Waals surface area contributed by atoms with Gasteiger partial charge in [0.2, 0.25) is 0 Å². The first kappa shape index (κ1) is 19.0. The number of piperidine rings is 1. The maximum Gasteiger partial charge on any atom is 0.276 e. The quantitative estimate of drug-likeness (QED) is 0.731. The highest BCUT2D eigenvalue weighted by Gasteiger charge is 2.28. The normalized spacial score (nSPS) is 15.1. The predicted octanol–water partition coefficient (Wildman–Crippen LogP) is 2.96. The average Bonchev–Trinajstić information content (AvgIpc) is 3.24. The fourth-order valence-corrected chi connectivity index (χ4v) is 3.50. The highest BCUT2D eigenvalue weighted by Crippen LogP contribution is 2.27. The molecule has 1 amide bonds. The van der Waals surface area contributed by atoms with Crippen molar-refractivity contribution in [3.63, 3.8) is 0 Å². The van der Waals surface area contributed by atoms with Gasteiger partial charge in [-0.25, -0.2) is 4.98 Å². The Morgan fingerprint density at radius 2 is 2.00 bits per heavy atom. The summed E-state index contributed by atoms with van der Waals surface area (Å²) in [6.45, 7) is 5.13. The van der Waals surface area contributed by atoms with Crippen LogP contribution in [0.4, 0.5) is 0 Å². The Labute approximate surface area is 168 Å². The van der Waals surface area contributed by atoms with Crippen molar-refractivity contribution >= 4 is 5.91 Å². The highest BCUT2D eigenvalue weighted by atomic mass is 16.5. The molecule has 1 saturated heterocycles. The van der Waals surface area contributed by atoms with Crippen molar-refractivity contribution < 1.29 is 9.32 Å². The third-order valence-electron chi connectivity index (χ3n) is 5.17. The molecule has 1 aliphatic heterocycles. The highest BCUT2D eigenvalue weighted by molar-refractivity contribution is 5.92. The van der Waals surface area contributed by atoms with Gasteiger partial charge in [0, 0.05) is 43.3 Å². The average molecular weight is 393 g/mol. The lowest BCUT2D eigenvalue weighted by Gasteiger charge is -2.31. The lowest BCUT2D eigenvalue weighted by atomic mass is 9.95. The zero-order chi connectivity index (χ0) is 20.4. The van der Waals surface area contributed by atoms with Crippen LogP contribution in [0.2, 0.25) is 0 Å². The smallest absolute Gasteiger partial charge is 0.276 e. The number of likely N-dealkylation sites (tertiary alicyclic amines) is 1. The van der Waals surface area contributed by atoms with E-state index < -0.39 is 0 Å². The molecule has 0 atom stereocenters. The van der Waals surface area contributed by atoms with Crippen molar-refractivity contribution in [1.29, 1.82) is 0 Å². The van der Waals surface area contributed by atoms with Gasteiger partial charge in [-0.2, -0.15) is 0 Å². The molecule has 4 heterocycles. The van der Waals surface area contributed by atoms with Crippen LogP contribution in [-0.4, -0.2) is 44.0 Å². The molecular weight excluding hydrogens is 370 g/mol. The molecule has 0 saturated carbocycles. The first-order valence-corrected chi connectivity index (χ1v) is 9.80. The van der Waals surface area contributed by atoms with Crippen molar-refractivity contribution in [2.45, 2.75) is 38.5 Å². The van der Waals surface area contributed by atoms with Crippen LogP contribution >= 0.6 is 0 Å². The Bertz CT molecular complexity index is 1050. The maximum absolute atomic E-state index is 12.7. The molecule has 150 valence electrons. The molecule has 0 aromatic carbocycles. The number of amides is 1. The van der Waals surface area contributed by atoms with E-state index in [0.29, 0.717) is 41.8 Å². The van der Waals surface area contributed by atoms with Gasteiger partial charge in [-0.1, -0.05) is 25.1 Å². The zero-order valence-electron chi connectivity index (χ0n) is 16.5. The monoisotopic (exact) mass is 393 g/mol. The Hall–Kier alpha value is -3.29. The molecule has 29 heavy (non-hydrogen) atoms. The molecule has 1 fully saturated rings. The van der Waals surface area contributed by atoms with Gasteiger partial charge in [-0.15, -0.1) is 0 Å². The number of nitrogens with one attached hydrogen (secondary N) is 1. The summed E-state index contributed by atoms with van der Waals surface area (Å²) in [5.41, 5.74) is 1.37. The number of carbonyl (C=O) groups excluding carboxylic acids is 1. The van der Waals surface area contributed by atoms with Crippen LogP contribution in [0.1, 0.15) is 60.6 Å². The number of H-pyrrole nitrogens is 1. The number of aromatic nitrogens is 4. The molecule has 3 aromatic rings. The second-order valence-corrected chi connectivity index (χ2v) is 7.57. The Morgan fingerprint density at radius 3 is 2.66 bits per heavy atom. The summed E-state index contributed by atoms with van der Waals surface area (Å²) in [6, 6.07) is 8.69. The molecule has 1 aliphatic rings. The van der Waals surface area contributed by atoms with E-state index >= 15 is 0 Å². The standard InChI is InChI=1S/C21H23N5O3/c1-13(2)18-11-17(25-29-18)21(28)26-9-6-14(7-10-26)20-23-16(12-19(27)24-20)15-5-3-4-8-22-15/h3-5,8,11-14H,6-7,9-10H2,1-2H3,(H,23,24,27). The number of hydrogen-bond acceptors (Lipinski definition) is 6. The number of pyridine rings is 1. The van der Waals surface area contributed by atoms with E-state index in [-0.39, 0.29) is 23.3 Å². The van der Waals surface area contributed by atoms with E-state index in [4.69, 9.17) is 4.52 Å². The van der Waals surface area contributed by atoms with Crippen molar-refractivity contribution in [2.24, 2.45) is 0 Å². The van der Waals surface area contributed by atoms with Gasteiger partial charge < -0.3 is 14.4 Å². The Kier molecular flexibility index (Phi) is 5.24. The lowest BCUT2D eigenvalue weighted by molar-refractivity contribution is 0.0700. The second-order valence-electron chi connectivity index (χ2n) is 7.57. The number of carbonyl (C=O) groups is 1. The summed E-state index contributed by atoms with van der Waals surface area (Å²) in [6.07, 6.45) is 3.11. The van der Waals surface area contributed by atoms with Crippen LogP contribution in [-0.2, 0) is 0 Å². The molecule has 4 rings (SSSR count). The van der Waals surface area contributed by atoms with Gasteiger partial charge in [-0.05, 0) is 25.0 Å². The molecule has 8 nitrogen and oxygen atoms in total. The molecule has 0 unspecified atom stereocenters. The fourth-order valence-electron chi connectivity index (χ4n) is 3.50. The van der Waals surface area contributed by atoms with Crippen LogP contribution in [0.5, 0.6) is 0 Å². The molecule has 0 aliphatic carbocycles. The molecule has 0 radical (unpaired) electrons. The van der Waals surface area contributed by atoms with Crippen LogP contribution in [0.15, 0.2) is 45.8 Å². The van der Waals surface area contributed by atoms with Crippen LogP contribution in [0.3, 0.4) is 0 Å². The number of hydrogen-bond donors (Lipinski definition) is 1. The van der Waals surface area contributed by atoms with Gasteiger partial charge in [0.15, 0.2) is 5.69 Å². The minimum Gasteiger partial charge on any atom is -0.360 e. The number of rotatable bonds is 4. The summed E-state index contributed by atoms with van der Waals surface area (Å²) in [5.74, 6) is 1.50. The molecule has 3 aromatic heterocycles. The van der Waals surface area contributed by atoms with E-state index in [1.54, 1.807) is 17.2 Å². The Morgan fingerprint density at radius 1 is 1.21 bits per heavy atom. The topological polar surface area (TPSA) is 105 Å². The summed E-state index contributed by atoms with van der Waals surface area (Å²) in [4.78, 5) is 38.4. The molecule has 1 N–H and O–H groups in total. The second kappa shape index (κ2) is 7.98. The third kappa shape index (κ3) is 4.11. The summed E-state index contributed by atoms with van der Waals surface area (Å²) in [5, 5.41) is 3.91. The van der Waals surface area contributed by atoms with E-state index in [0.717, 1.165) is 12.8 Å². The summed E-state index contributed by atoms with van der Waals surface area (Å²) >= 11 is 0. The van der Waals surface area contributed by atoms with E-state index in [1.165, 1.54) is 6.07 Å². The number of nitrogens with zero attached hydrogens (tertiary/aromatic N) is 4. The molecular formula is C21H23N5O3. The van der Waals surface area contributed by atoms with Gasteiger partial charge in [0.1, 0.15) is 11.6 Å². The fraction of sp³-hybridized carbons (Fsp3) is 0.381. The van der Waals surface area contributed by atoms with Crippen molar-refractivity contribution in [1.82, 2.24) is 25.0 Å². The van der Waals surface area contributed by atoms with Crippen LogP contribution in [0, 0.1) is 0 Å². The SMILES string of the molecule is CC(C)c1cc(C(=O)N2CCC(c3nc(-c4ccccn4)cc(=O)[nH]3)CC2)no1. The van der Waals surface area contributed by atoms with Gasteiger partial charge >= 0.3 is 0 Å². The summed E-state index contributed by atoms with van der Waals surface area (Å²) < 4.78 is 5.24. The molecule has 8 heteroatoms. The number of aromatic amines is 1.